The Bertz CT molecular complexity index is 489. The molecule has 0 amide bonds. The average molecular weight is 246 g/mol. The minimum Gasteiger partial charge on any atom is -0.478 e. The summed E-state index contributed by atoms with van der Waals surface area (Å²) < 4.78 is 4.93. The molecular weight excluding hydrogens is 232 g/mol. The smallest absolute Gasteiger partial charge is 0.338 e. The fourth-order valence-electron chi connectivity index (χ4n) is 1.46. The fourth-order valence-corrected chi connectivity index (χ4v) is 1.46. The zero-order chi connectivity index (χ0) is 13.5. The van der Waals surface area contributed by atoms with Gasteiger partial charge in [0, 0.05) is 0 Å². The molecule has 0 heterocycles. The zero-order valence-corrected chi connectivity index (χ0v) is 9.89. The van der Waals surface area contributed by atoms with Gasteiger partial charge in [-0.25, -0.2) is 9.59 Å². The maximum atomic E-state index is 11.7. The van der Waals surface area contributed by atoms with Crippen molar-refractivity contribution in [3.05, 3.63) is 60.2 Å². The van der Waals surface area contributed by atoms with Crippen molar-refractivity contribution in [3.63, 3.8) is 0 Å². The molecule has 1 N–H and O–H groups in total. The molecule has 0 radical (unpaired) electrons. The summed E-state index contributed by atoms with van der Waals surface area (Å²) in [5, 5.41) is 8.89. The van der Waals surface area contributed by atoms with Gasteiger partial charge < -0.3 is 9.84 Å². The number of rotatable bonds is 6. The van der Waals surface area contributed by atoms with Crippen molar-refractivity contribution in [2.24, 2.45) is 0 Å². The molecule has 0 saturated carbocycles. The molecular formula is C14H14O4. The lowest BCUT2D eigenvalue weighted by Gasteiger charge is -2.08. The van der Waals surface area contributed by atoms with Crippen LogP contribution in [0.1, 0.15) is 26.3 Å². The molecule has 0 aromatic heterocycles. The first-order chi connectivity index (χ1) is 8.60. The molecule has 0 atom stereocenters. The number of carboxylic acid groups (broad SMARTS) is 1. The van der Waals surface area contributed by atoms with Gasteiger partial charge in [0.15, 0.2) is 0 Å². The van der Waals surface area contributed by atoms with Crippen molar-refractivity contribution in [3.8, 4) is 0 Å². The Labute approximate surface area is 105 Å². The number of allylic oxidation sites excluding steroid dienone is 1. The van der Waals surface area contributed by atoms with Gasteiger partial charge in [-0.3, -0.25) is 0 Å². The van der Waals surface area contributed by atoms with Gasteiger partial charge in [-0.05, 0) is 30.2 Å². The number of carboxylic acids is 1. The predicted molar refractivity (Wildman–Crippen MR) is 67.8 cm³/mol. The van der Waals surface area contributed by atoms with E-state index in [9.17, 15) is 9.59 Å². The first-order valence-electron chi connectivity index (χ1n) is 5.35. The van der Waals surface area contributed by atoms with Gasteiger partial charge in [-0.1, -0.05) is 18.7 Å². The van der Waals surface area contributed by atoms with E-state index < -0.39 is 11.9 Å². The molecule has 94 valence electrons. The van der Waals surface area contributed by atoms with E-state index in [4.69, 9.17) is 9.84 Å². The van der Waals surface area contributed by atoms with Gasteiger partial charge in [-0.2, -0.15) is 0 Å². The number of benzene rings is 1. The van der Waals surface area contributed by atoms with E-state index in [0.29, 0.717) is 17.5 Å². The summed E-state index contributed by atoms with van der Waals surface area (Å²) >= 11 is 0. The average Bonchev–Trinajstić information content (AvgIpc) is 2.36. The minimum atomic E-state index is -1.04. The summed E-state index contributed by atoms with van der Waals surface area (Å²) in [6, 6.07) is 4.28. The number of hydrogen-bond donors (Lipinski definition) is 1. The third-order valence-electron chi connectivity index (χ3n) is 2.27. The molecule has 0 aliphatic carbocycles. The predicted octanol–water partition coefficient (Wildman–Crippen LogP) is 2.46. The summed E-state index contributed by atoms with van der Waals surface area (Å²) in [5.74, 6) is -1.53. The van der Waals surface area contributed by atoms with E-state index in [1.54, 1.807) is 6.08 Å². The topological polar surface area (TPSA) is 63.6 Å². The number of carbonyl (C=O) groups excluding carboxylic acids is 1. The Morgan fingerprint density at radius 1 is 1.28 bits per heavy atom. The number of carbonyl (C=O) groups is 2. The molecule has 0 bridgehead atoms. The highest BCUT2D eigenvalue weighted by molar-refractivity contribution is 5.94. The third kappa shape index (κ3) is 3.31. The van der Waals surface area contributed by atoms with Gasteiger partial charge in [0.25, 0.3) is 0 Å². The summed E-state index contributed by atoms with van der Waals surface area (Å²) in [6.07, 6.45) is 3.47. The molecule has 0 aliphatic heterocycles. The Hall–Kier alpha value is -2.36. The quantitative estimate of drug-likeness (QED) is 0.618. The monoisotopic (exact) mass is 246 g/mol. The molecule has 0 aliphatic rings. The van der Waals surface area contributed by atoms with Crippen LogP contribution in [-0.4, -0.2) is 23.7 Å². The molecule has 0 spiro atoms. The molecule has 0 unspecified atom stereocenters. The standard InChI is InChI=1S/C14H14O4/c1-3-5-10-9-11(13(15)16)6-7-12(10)14(17)18-8-4-2/h3-4,6-7,9H,1-2,5,8H2,(H,15,16). The zero-order valence-electron chi connectivity index (χ0n) is 9.89. The molecule has 1 rings (SSSR count). The van der Waals surface area contributed by atoms with Crippen LogP contribution in [0.25, 0.3) is 0 Å². The van der Waals surface area contributed by atoms with Crippen molar-refractivity contribution in [1.82, 2.24) is 0 Å². The van der Waals surface area contributed by atoms with Gasteiger partial charge in [0.2, 0.25) is 0 Å². The van der Waals surface area contributed by atoms with Crippen molar-refractivity contribution >= 4 is 11.9 Å². The highest BCUT2D eigenvalue weighted by atomic mass is 16.5. The summed E-state index contributed by atoms with van der Waals surface area (Å²) in [5.41, 5.74) is 1.06. The van der Waals surface area contributed by atoms with Gasteiger partial charge in [0.1, 0.15) is 6.61 Å². The normalized spacial score (nSPS) is 9.56. The van der Waals surface area contributed by atoms with E-state index in [-0.39, 0.29) is 12.2 Å². The van der Waals surface area contributed by atoms with Crippen LogP contribution in [0, 0.1) is 0 Å². The van der Waals surface area contributed by atoms with Crippen LogP contribution in [0.5, 0.6) is 0 Å². The van der Waals surface area contributed by atoms with Crippen LogP contribution >= 0.6 is 0 Å². The Kier molecular flexibility index (Phi) is 4.87. The highest BCUT2D eigenvalue weighted by Crippen LogP contribution is 2.15. The second-order valence-corrected chi connectivity index (χ2v) is 3.56. The molecule has 4 heteroatoms. The first-order valence-corrected chi connectivity index (χ1v) is 5.35. The molecule has 0 saturated heterocycles. The van der Waals surface area contributed by atoms with Crippen LogP contribution in [0.4, 0.5) is 0 Å². The minimum absolute atomic E-state index is 0.118. The number of aromatic carboxylic acids is 1. The Balaban J connectivity index is 3.09. The molecule has 0 fully saturated rings. The molecule has 18 heavy (non-hydrogen) atoms. The molecule has 1 aromatic carbocycles. The van der Waals surface area contributed by atoms with Gasteiger partial charge in [-0.15, -0.1) is 6.58 Å². The lowest BCUT2D eigenvalue weighted by molar-refractivity contribution is 0.0547. The van der Waals surface area contributed by atoms with Crippen LogP contribution in [0.2, 0.25) is 0 Å². The molecule has 1 aromatic rings. The summed E-state index contributed by atoms with van der Waals surface area (Å²) in [7, 11) is 0. The van der Waals surface area contributed by atoms with Crippen molar-refractivity contribution < 1.29 is 19.4 Å². The third-order valence-corrected chi connectivity index (χ3v) is 2.27. The van der Waals surface area contributed by atoms with Crippen LogP contribution < -0.4 is 0 Å². The maximum absolute atomic E-state index is 11.7. The lowest BCUT2D eigenvalue weighted by Crippen LogP contribution is -2.09. The van der Waals surface area contributed by atoms with Crippen LogP contribution in [0.3, 0.4) is 0 Å². The lowest BCUT2D eigenvalue weighted by atomic mass is 10.0. The van der Waals surface area contributed by atoms with E-state index in [0.717, 1.165) is 0 Å². The van der Waals surface area contributed by atoms with Gasteiger partial charge >= 0.3 is 11.9 Å². The summed E-state index contributed by atoms with van der Waals surface area (Å²) in [6.45, 7) is 7.15. The number of ether oxygens (including phenoxy) is 1. The van der Waals surface area contributed by atoms with E-state index >= 15 is 0 Å². The first kappa shape index (κ1) is 13.7. The SMILES string of the molecule is C=CCOC(=O)c1ccc(C(=O)O)cc1CC=C. The molecule has 4 nitrogen and oxygen atoms in total. The fraction of sp³-hybridized carbons (Fsp3) is 0.143. The van der Waals surface area contributed by atoms with Crippen molar-refractivity contribution in [2.45, 2.75) is 6.42 Å². The van der Waals surface area contributed by atoms with E-state index in [1.165, 1.54) is 24.3 Å². The second-order valence-electron chi connectivity index (χ2n) is 3.56. The maximum Gasteiger partial charge on any atom is 0.338 e. The van der Waals surface area contributed by atoms with Crippen molar-refractivity contribution in [2.75, 3.05) is 6.61 Å². The van der Waals surface area contributed by atoms with Gasteiger partial charge in [0.05, 0.1) is 11.1 Å². The van der Waals surface area contributed by atoms with Crippen LogP contribution in [0.15, 0.2) is 43.5 Å². The Morgan fingerprint density at radius 3 is 2.56 bits per heavy atom. The number of hydrogen-bond acceptors (Lipinski definition) is 3. The summed E-state index contributed by atoms with van der Waals surface area (Å²) in [4.78, 5) is 22.6. The van der Waals surface area contributed by atoms with Crippen molar-refractivity contribution in [1.29, 1.82) is 0 Å². The van der Waals surface area contributed by atoms with Crippen LogP contribution in [-0.2, 0) is 11.2 Å². The highest BCUT2D eigenvalue weighted by Gasteiger charge is 2.14. The second kappa shape index (κ2) is 6.39. The van der Waals surface area contributed by atoms with E-state index in [2.05, 4.69) is 13.2 Å². The van der Waals surface area contributed by atoms with E-state index in [1.807, 2.05) is 0 Å². The Morgan fingerprint density at radius 2 is 2.00 bits per heavy atom. The number of esters is 1. The largest absolute Gasteiger partial charge is 0.478 e.